The fourth-order valence-electron chi connectivity index (χ4n) is 4.70. The summed E-state index contributed by atoms with van der Waals surface area (Å²) in [6, 6.07) is 12.8. The maximum absolute atomic E-state index is 6.34. The molecule has 0 unspecified atom stereocenters. The van der Waals surface area contributed by atoms with Crippen molar-refractivity contribution in [2.45, 2.75) is 50.7 Å². The van der Waals surface area contributed by atoms with Crippen LogP contribution in [0.5, 0.6) is 0 Å². The number of ether oxygens (including phenoxy) is 2. The van der Waals surface area contributed by atoms with E-state index in [0.717, 1.165) is 23.9 Å². The van der Waals surface area contributed by atoms with E-state index < -0.39 is 5.79 Å². The smallest absolute Gasteiger partial charge is 0.163 e. The van der Waals surface area contributed by atoms with E-state index in [-0.39, 0.29) is 18.2 Å². The van der Waals surface area contributed by atoms with Crippen molar-refractivity contribution in [3.8, 4) is 0 Å². The van der Waals surface area contributed by atoms with E-state index in [0.29, 0.717) is 11.7 Å². The van der Waals surface area contributed by atoms with Gasteiger partial charge in [0.2, 0.25) is 0 Å². The predicted molar refractivity (Wildman–Crippen MR) is 103 cm³/mol. The number of hydrogen-bond donors (Lipinski definition) is 1. The zero-order valence-corrected chi connectivity index (χ0v) is 15.6. The largest absolute Gasteiger partial charge is 0.383 e. The SMILES string of the molecule is CC1(C)O[C@@H]2[C@@H](Cc3ccccc3)C[C@@H](n3ccc4c(N)ncnc43)[C@@H]2O1. The highest BCUT2D eigenvalue weighted by Crippen LogP contribution is 2.48. The van der Waals surface area contributed by atoms with Crippen molar-refractivity contribution in [2.75, 3.05) is 5.73 Å². The Hall–Kier alpha value is -2.44. The first-order valence-corrected chi connectivity index (χ1v) is 9.48. The van der Waals surface area contributed by atoms with Crippen LogP contribution in [0, 0.1) is 5.92 Å². The van der Waals surface area contributed by atoms with Crippen molar-refractivity contribution < 1.29 is 9.47 Å². The van der Waals surface area contributed by atoms with Crippen molar-refractivity contribution in [2.24, 2.45) is 5.92 Å². The fourth-order valence-corrected chi connectivity index (χ4v) is 4.70. The zero-order chi connectivity index (χ0) is 18.6. The van der Waals surface area contributed by atoms with Gasteiger partial charge < -0.3 is 19.8 Å². The molecule has 3 heterocycles. The molecule has 2 fully saturated rings. The molecule has 1 aliphatic carbocycles. The Labute approximate surface area is 158 Å². The first kappa shape index (κ1) is 16.7. The van der Waals surface area contributed by atoms with Gasteiger partial charge in [0.1, 0.15) is 23.9 Å². The molecular weight excluding hydrogens is 340 g/mol. The molecule has 0 amide bonds. The molecule has 2 N–H and O–H groups in total. The second kappa shape index (κ2) is 6.04. The average molecular weight is 364 g/mol. The molecule has 6 heteroatoms. The van der Waals surface area contributed by atoms with E-state index in [1.165, 1.54) is 11.9 Å². The van der Waals surface area contributed by atoms with E-state index in [2.05, 4.69) is 51.1 Å². The molecule has 0 bridgehead atoms. The van der Waals surface area contributed by atoms with Gasteiger partial charge in [0.25, 0.3) is 0 Å². The van der Waals surface area contributed by atoms with Gasteiger partial charge in [-0.25, -0.2) is 9.97 Å². The fraction of sp³-hybridized carbons (Fsp3) is 0.429. The number of nitrogen functional groups attached to an aromatic ring is 1. The topological polar surface area (TPSA) is 75.2 Å². The molecular formula is C21H24N4O2. The molecule has 1 aromatic carbocycles. The summed E-state index contributed by atoms with van der Waals surface area (Å²) < 4.78 is 14.9. The molecule has 2 aliphatic rings. The van der Waals surface area contributed by atoms with Crippen LogP contribution in [0.2, 0.25) is 0 Å². The summed E-state index contributed by atoms with van der Waals surface area (Å²) in [5, 5.41) is 0.888. The Kier molecular flexibility index (Phi) is 3.74. The summed E-state index contributed by atoms with van der Waals surface area (Å²) in [5.41, 5.74) is 8.22. The van der Waals surface area contributed by atoms with Gasteiger partial charge in [0.15, 0.2) is 5.79 Å². The Morgan fingerprint density at radius 1 is 1.11 bits per heavy atom. The quantitative estimate of drug-likeness (QED) is 0.771. The van der Waals surface area contributed by atoms with Gasteiger partial charge in [-0.05, 0) is 44.2 Å². The predicted octanol–water partition coefficient (Wildman–Crippen LogP) is 3.34. The Morgan fingerprint density at radius 3 is 2.70 bits per heavy atom. The lowest BCUT2D eigenvalue weighted by molar-refractivity contribution is -0.160. The van der Waals surface area contributed by atoms with Gasteiger partial charge in [-0.15, -0.1) is 0 Å². The number of rotatable bonds is 3. The molecule has 3 aromatic rings. The van der Waals surface area contributed by atoms with Crippen LogP contribution < -0.4 is 5.73 Å². The molecule has 0 radical (unpaired) electrons. The van der Waals surface area contributed by atoms with Crippen LogP contribution >= 0.6 is 0 Å². The number of nitrogens with zero attached hydrogens (tertiary/aromatic N) is 3. The van der Waals surface area contributed by atoms with Crippen LogP contribution in [0.25, 0.3) is 11.0 Å². The molecule has 1 saturated carbocycles. The zero-order valence-electron chi connectivity index (χ0n) is 15.6. The molecule has 0 spiro atoms. The normalized spacial score (nSPS) is 29.3. The molecule has 4 atom stereocenters. The molecule has 6 nitrogen and oxygen atoms in total. The van der Waals surface area contributed by atoms with Crippen LogP contribution in [0.15, 0.2) is 48.9 Å². The highest BCUT2D eigenvalue weighted by Gasteiger charge is 2.54. The summed E-state index contributed by atoms with van der Waals surface area (Å²) in [6.07, 6.45) is 5.61. The Bertz CT molecular complexity index is 969. The molecule has 2 aromatic heterocycles. The van der Waals surface area contributed by atoms with Crippen molar-refractivity contribution >= 4 is 16.9 Å². The number of nitrogens with two attached hydrogens (primary N) is 1. The maximum atomic E-state index is 6.34. The minimum atomic E-state index is -0.570. The van der Waals surface area contributed by atoms with Gasteiger partial charge in [-0.2, -0.15) is 0 Å². The molecule has 1 saturated heterocycles. The number of anilines is 1. The minimum absolute atomic E-state index is 0.000465. The highest BCUT2D eigenvalue weighted by molar-refractivity contribution is 5.86. The third-order valence-electron chi connectivity index (χ3n) is 5.79. The lowest BCUT2D eigenvalue weighted by atomic mass is 9.96. The van der Waals surface area contributed by atoms with Gasteiger partial charge in [0, 0.05) is 6.20 Å². The van der Waals surface area contributed by atoms with E-state index in [9.17, 15) is 0 Å². The first-order valence-electron chi connectivity index (χ1n) is 9.48. The van der Waals surface area contributed by atoms with Crippen molar-refractivity contribution in [1.82, 2.24) is 14.5 Å². The van der Waals surface area contributed by atoms with Crippen LogP contribution in [0.3, 0.4) is 0 Å². The molecule has 140 valence electrons. The number of hydrogen-bond acceptors (Lipinski definition) is 5. The summed E-state index contributed by atoms with van der Waals surface area (Å²) in [6.45, 7) is 3.99. The number of fused-ring (bicyclic) bond motifs is 2. The minimum Gasteiger partial charge on any atom is -0.383 e. The summed E-state index contributed by atoms with van der Waals surface area (Å²) in [4.78, 5) is 8.59. The highest BCUT2D eigenvalue weighted by atomic mass is 16.8. The van der Waals surface area contributed by atoms with Crippen LogP contribution in [-0.4, -0.2) is 32.5 Å². The van der Waals surface area contributed by atoms with E-state index in [4.69, 9.17) is 15.2 Å². The lowest BCUT2D eigenvalue weighted by Crippen LogP contribution is -2.27. The third kappa shape index (κ3) is 2.80. The first-order chi connectivity index (χ1) is 13.0. The molecule has 27 heavy (non-hydrogen) atoms. The number of aromatic nitrogens is 3. The van der Waals surface area contributed by atoms with Gasteiger partial charge >= 0.3 is 0 Å². The summed E-state index contributed by atoms with van der Waals surface area (Å²) in [7, 11) is 0. The van der Waals surface area contributed by atoms with Crippen LogP contribution in [0.1, 0.15) is 31.9 Å². The molecule has 5 rings (SSSR count). The van der Waals surface area contributed by atoms with E-state index >= 15 is 0 Å². The second-order valence-corrected chi connectivity index (χ2v) is 8.04. The van der Waals surface area contributed by atoms with Crippen molar-refractivity contribution in [3.05, 3.63) is 54.5 Å². The summed E-state index contributed by atoms with van der Waals surface area (Å²) >= 11 is 0. The average Bonchev–Trinajstić information content (AvgIpc) is 3.29. The Morgan fingerprint density at radius 2 is 1.89 bits per heavy atom. The Balaban J connectivity index is 1.51. The molecule has 1 aliphatic heterocycles. The maximum Gasteiger partial charge on any atom is 0.163 e. The lowest BCUT2D eigenvalue weighted by Gasteiger charge is -2.24. The number of benzene rings is 1. The third-order valence-corrected chi connectivity index (χ3v) is 5.79. The standard InChI is InChI=1S/C21H24N4O2/c1-21(2)26-17-14(10-13-6-4-3-5-7-13)11-16(18(17)27-21)25-9-8-15-19(22)23-12-24-20(15)25/h3-9,12,14,16-18H,10-11H2,1-2H3,(H2,22,23,24)/t14-,16+,17+,18-/m0/s1. The van der Waals surface area contributed by atoms with Crippen molar-refractivity contribution in [1.29, 1.82) is 0 Å². The van der Waals surface area contributed by atoms with E-state index in [1.807, 2.05) is 19.9 Å². The second-order valence-electron chi connectivity index (χ2n) is 8.04. The summed E-state index contributed by atoms with van der Waals surface area (Å²) in [5.74, 6) is 0.332. The van der Waals surface area contributed by atoms with Crippen LogP contribution in [-0.2, 0) is 15.9 Å². The van der Waals surface area contributed by atoms with Crippen molar-refractivity contribution in [3.63, 3.8) is 0 Å². The van der Waals surface area contributed by atoms with Crippen LogP contribution in [0.4, 0.5) is 5.82 Å². The van der Waals surface area contributed by atoms with E-state index in [1.54, 1.807) is 0 Å². The van der Waals surface area contributed by atoms with Gasteiger partial charge in [-0.3, -0.25) is 0 Å². The monoisotopic (exact) mass is 364 g/mol. The van der Waals surface area contributed by atoms with Gasteiger partial charge in [-0.1, -0.05) is 30.3 Å². The van der Waals surface area contributed by atoms with Gasteiger partial charge in [0.05, 0.1) is 17.5 Å².